The highest BCUT2D eigenvalue weighted by atomic mass is 32.2. The molecule has 8 heteroatoms. The Balaban J connectivity index is 2.57. The highest BCUT2D eigenvalue weighted by molar-refractivity contribution is 7.89. The number of hydrogen-bond acceptors (Lipinski definition) is 6. The van der Waals surface area contributed by atoms with Crippen LogP contribution in [0.5, 0.6) is 0 Å². The number of aliphatic hydroxyl groups excluding tert-OH is 1. The monoisotopic (exact) mass is 267 g/mol. The molecular formula is C9H17NO6S. The lowest BCUT2D eigenvalue weighted by Crippen LogP contribution is -2.47. The average Bonchev–Trinajstić information content (AvgIpc) is 2.29. The molecule has 7 nitrogen and oxygen atoms in total. The summed E-state index contributed by atoms with van der Waals surface area (Å²) in [5.41, 5.74) is 0. The Morgan fingerprint density at radius 3 is 2.88 bits per heavy atom. The van der Waals surface area contributed by atoms with E-state index >= 15 is 0 Å². The molecule has 0 bridgehead atoms. The van der Waals surface area contributed by atoms with Crippen molar-refractivity contribution in [3.05, 3.63) is 0 Å². The fraction of sp³-hybridized carbons (Fsp3) is 0.889. The maximum Gasteiger partial charge on any atom is 0.308 e. The second kappa shape index (κ2) is 6.29. The Kier molecular flexibility index (Phi) is 5.31. The molecule has 1 N–H and O–H groups in total. The summed E-state index contributed by atoms with van der Waals surface area (Å²) in [6.07, 6.45) is -0.452. The van der Waals surface area contributed by atoms with Crippen molar-refractivity contribution in [2.45, 2.75) is 12.5 Å². The zero-order valence-corrected chi connectivity index (χ0v) is 10.5. The molecule has 1 aliphatic rings. The zero-order chi connectivity index (χ0) is 12.9. The topological polar surface area (TPSA) is 93.1 Å². The van der Waals surface area contributed by atoms with Crippen molar-refractivity contribution >= 4 is 16.0 Å². The second-order valence-electron chi connectivity index (χ2n) is 3.67. The minimum atomic E-state index is -3.46. The van der Waals surface area contributed by atoms with Gasteiger partial charge in [0.1, 0.15) is 0 Å². The van der Waals surface area contributed by atoms with Crippen LogP contribution in [0, 0.1) is 0 Å². The summed E-state index contributed by atoms with van der Waals surface area (Å²) in [6.45, 7) is 0.200. The van der Waals surface area contributed by atoms with Gasteiger partial charge in [-0.1, -0.05) is 0 Å². The molecule has 0 aromatic heterocycles. The van der Waals surface area contributed by atoms with E-state index in [-0.39, 0.29) is 31.9 Å². The summed E-state index contributed by atoms with van der Waals surface area (Å²) in [4.78, 5) is 11.1. The van der Waals surface area contributed by atoms with Gasteiger partial charge in [-0.25, -0.2) is 8.42 Å². The van der Waals surface area contributed by atoms with Crippen molar-refractivity contribution in [1.82, 2.24) is 4.31 Å². The van der Waals surface area contributed by atoms with Crippen LogP contribution in [-0.2, 0) is 24.3 Å². The molecule has 0 amide bonds. The van der Waals surface area contributed by atoms with Crippen molar-refractivity contribution < 1.29 is 27.8 Å². The highest BCUT2D eigenvalue weighted by Crippen LogP contribution is 2.13. The van der Waals surface area contributed by atoms with E-state index < -0.39 is 28.7 Å². The van der Waals surface area contributed by atoms with Crippen LogP contribution in [0.25, 0.3) is 0 Å². The number of ether oxygens (including phenoxy) is 2. The summed E-state index contributed by atoms with van der Waals surface area (Å²) >= 11 is 0. The third-order valence-electron chi connectivity index (χ3n) is 2.47. The van der Waals surface area contributed by atoms with E-state index in [1.165, 1.54) is 11.4 Å². The Labute approximate surface area is 100 Å². The smallest absolute Gasteiger partial charge is 0.308 e. The molecule has 1 aliphatic heterocycles. The lowest BCUT2D eigenvalue weighted by molar-refractivity contribution is -0.145. The lowest BCUT2D eigenvalue weighted by Gasteiger charge is -2.31. The number of carbonyl (C=O) groups excluding carboxylic acids is 1. The van der Waals surface area contributed by atoms with Crippen LogP contribution < -0.4 is 0 Å². The first kappa shape index (κ1) is 14.4. The first-order chi connectivity index (χ1) is 7.99. The molecule has 1 heterocycles. The van der Waals surface area contributed by atoms with Gasteiger partial charge in [0.15, 0.2) is 0 Å². The van der Waals surface area contributed by atoms with Crippen LogP contribution in [0.3, 0.4) is 0 Å². The van der Waals surface area contributed by atoms with Crippen LogP contribution in [0.4, 0.5) is 0 Å². The Morgan fingerprint density at radius 1 is 1.59 bits per heavy atom. The predicted molar refractivity (Wildman–Crippen MR) is 58.8 cm³/mol. The van der Waals surface area contributed by atoms with Gasteiger partial charge in [-0.3, -0.25) is 4.79 Å². The van der Waals surface area contributed by atoms with Gasteiger partial charge >= 0.3 is 5.97 Å². The maximum absolute atomic E-state index is 11.7. The van der Waals surface area contributed by atoms with Crippen molar-refractivity contribution in [2.75, 3.05) is 39.2 Å². The van der Waals surface area contributed by atoms with E-state index in [0.29, 0.717) is 0 Å². The van der Waals surface area contributed by atoms with E-state index in [9.17, 15) is 13.2 Å². The Morgan fingerprint density at radius 2 is 2.29 bits per heavy atom. The van der Waals surface area contributed by atoms with Crippen molar-refractivity contribution in [1.29, 1.82) is 0 Å². The first-order valence-electron chi connectivity index (χ1n) is 5.26. The number of morpholine rings is 1. The van der Waals surface area contributed by atoms with Crippen LogP contribution in [0.1, 0.15) is 6.42 Å². The number of rotatable bonds is 5. The van der Waals surface area contributed by atoms with Crippen molar-refractivity contribution in [2.24, 2.45) is 0 Å². The number of methoxy groups -OCH3 is 1. The normalized spacial score (nSPS) is 22.4. The van der Waals surface area contributed by atoms with Gasteiger partial charge in [-0.15, -0.1) is 0 Å². The number of nitrogens with zero attached hydrogens (tertiary/aromatic N) is 1. The minimum absolute atomic E-state index is 0.0294. The van der Waals surface area contributed by atoms with Crippen LogP contribution in [-0.4, -0.2) is 69.1 Å². The molecule has 0 radical (unpaired) electrons. The fourth-order valence-electron chi connectivity index (χ4n) is 1.58. The second-order valence-corrected chi connectivity index (χ2v) is 5.76. The third kappa shape index (κ3) is 4.23. The molecular weight excluding hydrogens is 250 g/mol. The highest BCUT2D eigenvalue weighted by Gasteiger charge is 2.30. The van der Waals surface area contributed by atoms with E-state index in [2.05, 4.69) is 4.74 Å². The van der Waals surface area contributed by atoms with Crippen LogP contribution >= 0.6 is 0 Å². The molecule has 0 spiro atoms. The zero-order valence-electron chi connectivity index (χ0n) is 9.66. The number of esters is 1. The molecule has 1 rings (SSSR count). The summed E-state index contributed by atoms with van der Waals surface area (Å²) in [5.74, 6) is -0.741. The number of aliphatic hydroxyl groups is 1. The average molecular weight is 267 g/mol. The van der Waals surface area contributed by atoms with Gasteiger partial charge in [0.2, 0.25) is 10.0 Å². The molecule has 100 valence electrons. The van der Waals surface area contributed by atoms with Gasteiger partial charge in [-0.2, -0.15) is 4.31 Å². The van der Waals surface area contributed by atoms with E-state index in [4.69, 9.17) is 9.84 Å². The van der Waals surface area contributed by atoms with E-state index in [0.717, 1.165) is 0 Å². The molecule has 0 aromatic carbocycles. The first-order valence-corrected chi connectivity index (χ1v) is 6.87. The quantitative estimate of drug-likeness (QED) is 0.614. The molecule has 1 unspecified atom stereocenters. The summed E-state index contributed by atoms with van der Waals surface area (Å²) in [7, 11) is -2.19. The molecule has 1 atom stereocenters. The van der Waals surface area contributed by atoms with Crippen LogP contribution in [0.2, 0.25) is 0 Å². The maximum atomic E-state index is 11.7. The summed E-state index contributed by atoms with van der Waals surface area (Å²) in [5, 5.41) is 8.67. The molecule has 0 saturated carbocycles. The van der Waals surface area contributed by atoms with Gasteiger partial charge in [0.25, 0.3) is 0 Å². The molecule has 0 aromatic rings. The summed E-state index contributed by atoms with van der Waals surface area (Å²) in [6, 6.07) is 0. The minimum Gasteiger partial charge on any atom is -0.469 e. The number of sulfonamides is 1. The van der Waals surface area contributed by atoms with Crippen molar-refractivity contribution in [3.63, 3.8) is 0 Å². The van der Waals surface area contributed by atoms with Crippen molar-refractivity contribution in [3.8, 4) is 0 Å². The lowest BCUT2D eigenvalue weighted by atomic mass is 10.2. The molecule has 1 saturated heterocycles. The third-order valence-corrected chi connectivity index (χ3v) is 4.28. The number of hydrogen-bond donors (Lipinski definition) is 1. The van der Waals surface area contributed by atoms with Gasteiger partial charge in [0, 0.05) is 13.1 Å². The standard InChI is InChI=1S/C9H17NO6S/c1-15-9(12)6-8-7-10(2-4-16-8)17(13,14)5-3-11/h8,11H,2-7H2,1H3. The number of carbonyl (C=O) groups is 1. The summed E-state index contributed by atoms with van der Waals surface area (Å²) < 4.78 is 34.4. The largest absolute Gasteiger partial charge is 0.469 e. The SMILES string of the molecule is COC(=O)CC1CN(S(=O)(=O)CCO)CCO1. The Hall–Kier alpha value is -0.700. The Bertz CT molecular complexity index is 354. The molecule has 1 fully saturated rings. The van der Waals surface area contributed by atoms with Gasteiger partial charge in [0.05, 0.1) is 38.6 Å². The van der Waals surface area contributed by atoms with E-state index in [1.807, 2.05) is 0 Å². The molecule has 0 aliphatic carbocycles. The van der Waals surface area contributed by atoms with E-state index in [1.54, 1.807) is 0 Å². The van der Waals surface area contributed by atoms with Crippen LogP contribution in [0.15, 0.2) is 0 Å². The predicted octanol–water partition coefficient (Wildman–Crippen LogP) is -1.43. The van der Waals surface area contributed by atoms with Gasteiger partial charge in [-0.05, 0) is 0 Å². The molecule has 17 heavy (non-hydrogen) atoms. The fourth-order valence-corrected chi connectivity index (χ4v) is 2.82. The van der Waals surface area contributed by atoms with Gasteiger partial charge < -0.3 is 14.6 Å².